The van der Waals surface area contributed by atoms with Crippen molar-refractivity contribution in [2.45, 2.75) is 32.7 Å². The molecule has 0 aromatic carbocycles. The van der Waals surface area contributed by atoms with Crippen LogP contribution in [0.2, 0.25) is 0 Å². The summed E-state index contributed by atoms with van der Waals surface area (Å²) in [5.41, 5.74) is 7.78. The standard InChI is InChI=1S/C15H24N4S/c1-4-12-10-18(3)8-5-9-19(12)15-13(14(16)20)7-6-11(2)17-15/h6-7,12H,4-5,8-10H2,1-3H3,(H2,16,20). The van der Waals surface area contributed by atoms with Gasteiger partial charge < -0.3 is 15.5 Å². The molecule has 0 saturated carbocycles. The summed E-state index contributed by atoms with van der Waals surface area (Å²) in [5, 5.41) is 0. The van der Waals surface area contributed by atoms with Gasteiger partial charge in [0.15, 0.2) is 0 Å². The van der Waals surface area contributed by atoms with Gasteiger partial charge in [-0.3, -0.25) is 0 Å². The largest absolute Gasteiger partial charge is 0.389 e. The molecule has 0 amide bonds. The van der Waals surface area contributed by atoms with E-state index in [4.69, 9.17) is 22.9 Å². The van der Waals surface area contributed by atoms with Gasteiger partial charge in [0.25, 0.3) is 0 Å². The molecule has 5 heteroatoms. The van der Waals surface area contributed by atoms with Crippen LogP contribution in [0.1, 0.15) is 31.0 Å². The van der Waals surface area contributed by atoms with Crippen LogP contribution in [0.15, 0.2) is 12.1 Å². The average Bonchev–Trinajstić information content (AvgIpc) is 2.59. The van der Waals surface area contributed by atoms with E-state index in [-0.39, 0.29) is 0 Å². The third kappa shape index (κ3) is 3.27. The summed E-state index contributed by atoms with van der Waals surface area (Å²) in [6, 6.07) is 4.44. The number of aromatic nitrogens is 1. The van der Waals surface area contributed by atoms with E-state index in [0.29, 0.717) is 11.0 Å². The summed E-state index contributed by atoms with van der Waals surface area (Å²) >= 11 is 5.19. The van der Waals surface area contributed by atoms with Gasteiger partial charge in [0.1, 0.15) is 10.8 Å². The molecule has 2 heterocycles. The third-order valence-corrected chi connectivity index (χ3v) is 4.15. The van der Waals surface area contributed by atoms with Crippen LogP contribution in [0.5, 0.6) is 0 Å². The lowest BCUT2D eigenvalue weighted by Gasteiger charge is -2.32. The van der Waals surface area contributed by atoms with Gasteiger partial charge in [-0.2, -0.15) is 0 Å². The van der Waals surface area contributed by atoms with Crippen molar-refractivity contribution >= 4 is 23.0 Å². The van der Waals surface area contributed by atoms with E-state index in [2.05, 4.69) is 23.8 Å². The number of hydrogen-bond acceptors (Lipinski definition) is 4. The Balaban J connectivity index is 2.41. The fourth-order valence-corrected chi connectivity index (χ4v) is 2.99. The molecular weight excluding hydrogens is 268 g/mol. The first-order chi connectivity index (χ1) is 9.52. The van der Waals surface area contributed by atoms with E-state index < -0.39 is 0 Å². The fraction of sp³-hybridized carbons (Fsp3) is 0.600. The quantitative estimate of drug-likeness (QED) is 0.863. The first-order valence-electron chi connectivity index (χ1n) is 7.25. The Bertz CT molecular complexity index is 489. The van der Waals surface area contributed by atoms with Crippen molar-refractivity contribution in [1.29, 1.82) is 0 Å². The summed E-state index contributed by atoms with van der Waals surface area (Å²) in [6.07, 6.45) is 2.23. The van der Waals surface area contributed by atoms with Crippen LogP contribution in [-0.4, -0.2) is 47.6 Å². The second kappa shape index (κ2) is 6.50. The number of rotatable bonds is 3. The van der Waals surface area contributed by atoms with Crippen molar-refractivity contribution in [1.82, 2.24) is 9.88 Å². The number of aryl methyl sites for hydroxylation is 1. The predicted octanol–water partition coefficient (Wildman–Crippen LogP) is 1.94. The lowest BCUT2D eigenvalue weighted by Crippen LogP contribution is -2.41. The van der Waals surface area contributed by atoms with Crippen LogP contribution in [0.25, 0.3) is 0 Å². The number of anilines is 1. The monoisotopic (exact) mass is 292 g/mol. The Morgan fingerprint density at radius 1 is 1.45 bits per heavy atom. The zero-order valence-electron chi connectivity index (χ0n) is 12.6. The lowest BCUT2D eigenvalue weighted by molar-refractivity contribution is 0.327. The molecule has 2 rings (SSSR count). The Kier molecular flexibility index (Phi) is 4.94. The van der Waals surface area contributed by atoms with Crippen molar-refractivity contribution in [3.63, 3.8) is 0 Å². The SMILES string of the molecule is CCC1CN(C)CCCN1c1nc(C)ccc1C(N)=S. The van der Waals surface area contributed by atoms with Crippen LogP contribution in [0.4, 0.5) is 5.82 Å². The third-order valence-electron chi connectivity index (χ3n) is 3.93. The number of nitrogens with zero attached hydrogens (tertiary/aromatic N) is 3. The fourth-order valence-electron chi connectivity index (χ4n) is 2.83. The van der Waals surface area contributed by atoms with Crippen LogP contribution < -0.4 is 10.6 Å². The maximum Gasteiger partial charge on any atom is 0.139 e. The minimum Gasteiger partial charge on any atom is -0.389 e. The number of hydrogen-bond donors (Lipinski definition) is 1. The molecule has 4 nitrogen and oxygen atoms in total. The van der Waals surface area contributed by atoms with Crippen molar-refractivity contribution in [2.24, 2.45) is 5.73 Å². The summed E-state index contributed by atoms with van der Waals surface area (Å²) in [7, 11) is 2.18. The molecule has 110 valence electrons. The summed E-state index contributed by atoms with van der Waals surface area (Å²) in [4.78, 5) is 9.94. The molecule has 1 saturated heterocycles. The minimum absolute atomic E-state index is 0.431. The predicted molar refractivity (Wildman–Crippen MR) is 88.4 cm³/mol. The summed E-state index contributed by atoms with van der Waals surface area (Å²) < 4.78 is 0. The first-order valence-corrected chi connectivity index (χ1v) is 7.66. The van der Waals surface area contributed by atoms with E-state index in [0.717, 1.165) is 49.6 Å². The van der Waals surface area contributed by atoms with Gasteiger partial charge in [-0.05, 0) is 45.5 Å². The normalized spacial score (nSPS) is 20.8. The number of thiocarbonyl (C=S) groups is 1. The molecule has 1 atom stereocenters. The highest BCUT2D eigenvalue weighted by atomic mass is 32.1. The highest BCUT2D eigenvalue weighted by Gasteiger charge is 2.25. The second-order valence-corrected chi connectivity index (χ2v) is 6.00. The van der Waals surface area contributed by atoms with E-state index in [1.165, 1.54) is 0 Å². The maximum atomic E-state index is 5.88. The number of nitrogens with two attached hydrogens (primary N) is 1. The van der Waals surface area contributed by atoms with Gasteiger partial charge >= 0.3 is 0 Å². The molecule has 0 aliphatic carbocycles. The lowest BCUT2D eigenvalue weighted by atomic mass is 10.1. The van der Waals surface area contributed by atoms with Gasteiger partial charge in [-0.1, -0.05) is 19.1 Å². The first kappa shape index (κ1) is 15.2. The Morgan fingerprint density at radius 2 is 2.20 bits per heavy atom. The molecule has 0 spiro atoms. The zero-order chi connectivity index (χ0) is 14.7. The highest BCUT2D eigenvalue weighted by molar-refractivity contribution is 7.80. The molecular formula is C15H24N4S. The van der Waals surface area contributed by atoms with Gasteiger partial charge in [0, 0.05) is 24.8 Å². The van der Waals surface area contributed by atoms with Crippen LogP contribution in [0, 0.1) is 6.92 Å². The van der Waals surface area contributed by atoms with Crippen molar-refractivity contribution in [3.8, 4) is 0 Å². The number of pyridine rings is 1. The summed E-state index contributed by atoms with van der Waals surface area (Å²) in [5.74, 6) is 0.958. The molecule has 1 aromatic heterocycles. The molecule has 0 bridgehead atoms. The molecule has 1 fully saturated rings. The Hall–Kier alpha value is -1.20. The van der Waals surface area contributed by atoms with E-state index in [1.807, 2.05) is 19.1 Å². The maximum absolute atomic E-state index is 5.88. The van der Waals surface area contributed by atoms with Gasteiger partial charge in [0.05, 0.1) is 5.56 Å². The van der Waals surface area contributed by atoms with Gasteiger partial charge in [0.2, 0.25) is 0 Å². The van der Waals surface area contributed by atoms with Crippen LogP contribution >= 0.6 is 12.2 Å². The number of likely N-dealkylation sites (N-methyl/N-ethyl adjacent to an activating group) is 1. The second-order valence-electron chi connectivity index (χ2n) is 5.56. The average molecular weight is 292 g/mol. The van der Waals surface area contributed by atoms with Crippen molar-refractivity contribution in [2.75, 3.05) is 31.6 Å². The molecule has 1 aliphatic heterocycles. The zero-order valence-corrected chi connectivity index (χ0v) is 13.4. The Morgan fingerprint density at radius 3 is 2.85 bits per heavy atom. The van der Waals surface area contributed by atoms with Crippen LogP contribution in [-0.2, 0) is 0 Å². The van der Waals surface area contributed by atoms with Crippen molar-refractivity contribution < 1.29 is 0 Å². The molecule has 0 radical (unpaired) electrons. The van der Waals surface area contributed by atoms with Gasteiger partial charge in [-0.15, -0.1) is 0 Å². The topological polar surface area (TPSA) is 45.4 Å². The van der Waals surface area contributed by atoms with Gasteiger partial charge in [-0.25, -0.2) is 4.98 Å². The minimum atomic E-state index is 0.431. The van der Waals surface area contributed by atoms with E-state index in [1.54, 1.807) is 0 Å². The van der Waals surface area contributed by atoms with Crippen molar-refractivity contribution in [3.05, 3.63) is 23.4 Å². The van der Waals surface area contributed by atoms with Crippen LogP contribution in [0.3, 0.4) is 0 Å². The molecule has 2 N–H and O–H groups in total. The Labute approximate surface area is 127 Å². The molecule has 1 unspecified atom stereocenters. The highest BCUT2D eigenvalue weighted by Crippen LogP contribution is 2.24. The van der Waals surface area contributed by atoms with E-state index in [9.17, 15) is 0 Å². The molecule has 20 heavy (non-hydrogen) atoms. The molecule has 1 aliphatic rings. The molecule has 1 aromatic rings. The summed E-state index contributed by atoms with van der Waals surface area (Å²) in [6.45, 7) is 7.43. The van der Waals surface area contributed by atoms with E-state index >= 15 is 0 Å². The smallest absolute Gasteiger partial charge is 0.139 e.